The number of aliphatic carboxylic acids is 1. The van der Waals surface area contributed by atoms with Gasteiger partial charge in [0.2, 0.25) is 5.91 Å². The number of hydrogen-bond acceptors (Lipinski definition) is 3. The second-order valence-electron chi connectivity index (χ2n) is 5.80. The SMILES string of the molecule is CCC(CC)(CNC(=O)CC1(CN)CCC1)C(=O)O. The van der Waals surface area contributed by atoms with Crippen molar-refractivity contribution in [3.05, 3.63) is 0 Å². The van der Waals surface area contributed by atoms with Gasteiger partial charge in [0.15, 0.2) is 0 Å². The molecule has 0 unspecified atom stereocenters. The predicted molar refractivity (Wildman–Crippen MR) is 73.6 cm³/mol. The van der Waals surface area contributed by atoms with Gasteiger partial charge in [0.05, 0.1) is 5.41 Å². The van der Waals surface area contributed by atoms with Gasteiger partial charge in [-0.1, -0.05) is 20.3 Å². The van der Waals surface area contributed by atoms with Gasteiger partial charge in [0.1, 0.15) is 0 Å². The van der Waals surface area contributed by atoms with E-state index in [-0.39, 0.29) is 17.9 Å². The van der Waals surface area contributed by atoms with Crippen molar-refractivity contribution in [2.24, 2.45) is 16.6 Å². The van der Waals surface area contributed by atoms with Crippen LogP contribution in [-0.4, -0.2) is 30.1 Å². The van der Waals surface area contributed by atoms with Crippen LogP contribution in [0.3, 0.4) is 0 Å². The summed E-state index contributed by atoms with van der Waals surface area (Å²) in [7, 11) is 0. The van der Waals surface area contributed by atoms with Gasteiger partial charge >= 0.3 is 5.97 Å². The number of carboxylic acid groups (broad SMARTS) is 1. The van der Waals surface area contributed by atoms with E-state index < -0.39 is 11.4 Å². The van der Waals surface area contributed by atoms with Crippen molar-refractivity contribution in [3.63, 3.8) is 0 Å². The molecule has 1 aliphatic rings. The largest absolute Gasteiger partial charge is 0.481 e. The van der Waals surface area contributed by atoms with E-state index in [0.717, 1.165) is 19.3 Å². The van der Waals surface area contributed by atoms with Crippen LogP contribution < -0.4 is 11.1 Å². The first kappa shape index (κ1) is 16.0. The molecule has 0 heterocycles. The molecule has 19 heavy (non-hydrogen) atoms. The molecule has 1 aliphatic carbocycles. The van der Waals surface area contributed by atoms with E-state index in [1.807, 2.05) is 13.8 Å². The van der Waals surface area contributed by atoms with Crippen LogP contribution in [0, 0.1) is 10.8 Å². The fourth-order valence-electron chi connectivity index (χ4n) is 2.68. The van der Waals surface area contributed by atoms with Gasteiger partial charge in [-0.05, 0) is 37.6 Å². The Hall–Kier alpha value is -1.10. The Kier molecular flexibility index (Phi) is 5.35. The number of nitrogens with one attached hydrogen (secondary N) is 1. The van der Waals surface area contributed by atoms with Crippen LogP contribution in [0.15, 0.2) is 0 Å². The third-order valence-corrected chi connectivity index (χ3v) is 4.81. The summed E-state index contributed by atoms with van der Waals surface area (Å²) >= 11 is 0. The fourth-order valence-corrected chi connectivity index (χ4v) is 2.68. The quantitative estimate of drug-likeness (QED) is 0.623. The van der Waals surface area contributed by atoms with Crippen LogP contribution in [0.25, 0.3) is 0 Å². The van der Waals surface area contributed by atoms with E-state index in [0.29, 0.717) is 25.8 Å². The average Bonchev–Trinajstić information content (AvgIpc) is 2.35. The summed E-state index contributed by atoms with van der Waals surface area (Å²) in [6.07, 6.45) is 4.59. The Morgan fingerprint density at radius 2 is 1.89 bits per heavy atom. The second kappa shape index (κ2) is 6.37. The average molecular weight is 270 g/mol. The molecular weight excluding hydrogens is 244 g/mol. The molecule has 1 amide bonds. The lowest BCUT2D eigenvalue weighted by Gasteiger charge is -2.40. The Bertz CT molecular complexity index is 328. The Labute approximate surface area is 114 Å². The third-order valence-electron chi connectivity index (χ3n) is 4.81. The number of nitrogens with two attached hydrogens (primary N) is 1. The summed E-state index contributed by atoms with van der Waals surface area (Å²) in [5, 5.41) is 12.1. The molecule has 0 aromatic heterocycles. The van der Waals surface area contributed by atoms with Crippen LogP contribution >= 0.6 is 0 Å². The number of carboxylic acids is 1. The fraction of sp³-hybridized carbons (Fsp3) is 0.857. The zero-order valence-corrected chi connectivity index (χ0v) is 12.0. The molecule has 5 heteroatoms. The van der Waals surface area contributed by atoms with Gasteiger partial charge in [-0.2, -0.15) is 0 Å². The smallest absolute Gasteiger partial charge is 0.311 e. The van der Waals surface area contributed by atoms with Gasteiger partial charge < -0.3 is 16.2 Å². The molecule has 0 bridgehead atoms. The van der Waals surface area contributed by atoms with E-state index in [9.17, 15) is 14.7 Å². The molecule has 0 radical (unpaired) electrons. The van der Waals surface area contributed by atoms with E-state index >= 15 is 0 Å². The molecule has 1 rings (SSSR count). The number of amides is 1. The number of hydrogen-bond donors (Lipinski definition) is 3. The van der Waals surface area contributed by atoms with E-state index in [2.05, 4.69) is 5.32 Å². The van der Waals surface area contributed by atoms with E-state index in [1.165, 1.54) is 0 Å². The monoisotopic (exact) mass is 270 g/mol. The highest BCUT2D eigenvalue weighted by atomic mass is 16.4. The zero-order chi connectivity index (χ0) is 14.5. The second-order valence-corrected chi connectivity index (χ2v) is 5.80. The maximum Gasteiger partial charge on any atom is 0.311 e. The van der Waals surface area contributed by atoms with Gasteiger partial charge in [0.25, 0.3) is 0 Å². The molecule has 4 N–H and O–H groups in total. The lowest BCUT2D eigenvalue weighted by atomic mass is 9.66. The first-order chi connectivity index (χ1) is 8.93. The van der Waals surface area contributed by atoms with E-state index in [1.54, 1.807) is 0 Å². The minimum absolute atomic E-state index is 0.0333. The Balaban J connectivity index is 2.50. The lowest BCUT2D eigenvalue weighted by Crippen LogP contribution is -2.46. The van der Waals surface area contributed by atoms with Gasteiger partial charge in [0, 0.05) is 13.0 Å². The van der Waals surface area contributed by atoms with Crippen LogP contribution in [-0.2, 0) is 9.59 Å². The number of rotatable bonds is 8. The maximum atomic E-state index is 12.0. The van der Waals surface area contributed by atoms with Gasteiger partial charge in [-0.15, -0.1) is 0 Å². The van der Waals surface area contributed by atoms with Gasteiger partial charge in [-0.3, -0.25) is 9.59 Å². The predicted octanol–water partition coefficient (Wildman–Crippen LogP) is 1.51. The lowest BCUT2D eigenvalue weighted by molar-refractivity contribution is -0.149. The summed E-state index contributed by atoms with van der Waals surface area (Å²) in [4.78, 5) is 23.3. The van der Waals surface area contributed by atoms with Crippen LogP contribution in [0.5, 0.6) is 0 Å². The standard InChI is InChI=1S/C14H26N2O3/c1-3-14(4-2,12(18)19)10-16-11(17)8-13(9-15)6-5-7-13/h3-10,15H2,1-2H3,(H,16,17)(H,18,19). The highest BCUT2D eigenvalue weighted by Crippen LogP contribution is 2.42. The van der Waals surface area contributed by atoms with Crippen molar-refractivity contribution in [1.29, 1.82) is 0 Å². The van der Waals surface area contributed by atoms with Crippen molar-refractivity contribution in [1.82, 2.24) is 5.32 Å². The normalized spacial score (nSPS) is 17.6. The first-order valence-electron chi connectivity index (χ1n) is 7.14. The van der Waals surface area contributed by atoms with Crippen molar-refractivity contribution in [2.75, 3.05) is 13.1 Å². The van der Waals surface area contributed by atoms with Crippen LogP contribution in [0.4, 0.5) is 0 Å². The molecule has 1 saturated carbocycles. The molecule has 5 nitrogen and oxygen atoms in total. The number of carbonyl (C=O) groups is 2. The molecule has 0 spiro atoms. The van der Waals surface area contributed by atoms with Gasteiger partial charge in [-0.25, -0.2) is 0 Å². The Morgan fingerprint density at radius 1 is 1.32 bits per heavy atom. The summed E-state index contributed by atoms with van der Waals surface area (Å²) in [5.74, 6) is -0.910. The molecule has 0 aliphatic heterocycles. The summed E-state index contributed by atoms with van der Waals surface area (Å²) in [6, 6.07) is 0. The molecule has 0 aromatic carbocycles. The summed E-state index contributed by atoms with van der Waals surface area (Å²) < 4.78 is 0. The summed E-state index contributed by atoms with van der Waals surface area (Å²) in [5.41, 5.74) is 4.85. The molecule has 0 saturated heterocycles. The minimum atomic E-state index is -0.842. The summed E-state index contributed by atoms with van der Waals surface area (Å²) in [6.45, 7) is 4.43. The molecule has 0 atom stereocenters. The zero-order valence-electron chi connectivity index (χ0n) is 12.0. The minimum Gasteiger partial charge on any atom is -0.481 e. The highest BCUT2D eigenvalue weighted by Gasteiger charge is 2.39. The molecule has 110 valence electrons. The van der Waals surface area contributed by atoms with Crippen LogP contribution in [0.2, 0.25) is 0 Å². The number of carbonyl (C=O) groups excluding carboxylic acids is 1. The molecular formula is C14H26N2O3. The topological polar surface area (TPSA) is 92.4 Å². The van der Waals surface area contributed by atoms with E-state index in [4.69, 9.17) is 5.73 Å². The van der Waals surface area contributed by atoms with Crippen molar-refractivity contribution < 1.29 is 14.7 Å². The highest BCUT2D eigenvalue weighted by molar-refractivity contribution is 5.79. The Morgan fingerprint density at radius 3 is 2.21 bits per heavy atom. The molecule has 1 fully saturated rings. The first-order valence-corrected chi connectivity index (χ1v) is 7.14. The molecule has 0 aromatic rings. The maximum absolute atomic E-state index is 12.0. The van der Waals surface area contributed by atoms with Crippen LogP contribution in [0.1, 0.15) is 52.4 Å². The van der Waals surface area contributed by atoms with Crippen molar-refractivity contribution in [3.8, 4) is 0 Å². The van der Waals surface area contributed by atoms with Crippen molar-refractivity contribution >= 4 is 11.9 Å². The third kappa shape index (κ3) is 3.47. The van der Waals surface area contributed by atoms with Crippen molar-refractivity contribution in [2.45, 2.75) is 52.4 Å².